The minimum Gasteiger partial charge on any atom is -0.461 e. The zero-order valence-corrected chi connectivity index (χ0v) is 11.0. The van der Waals surface area contributed by atoms with E-state index in [1.165, 1.54) is 6.92 Å². The molecule has 0 saturated heterocycles. The van der Waals surface area contributed by atoms with E-state index in [1.807, 2.05) is 0 Å². The van der Waals surface area contributed by atoms with Gasteiger partial charge >= 0.3 is 12.1 Å². The number of carbonyl (C=O) groups excluding carboxylic acids is 1. The van der Waals surface area contributed by atoms with Crippen LogP contribution in [0.1, 0.15) is 35.0 Å². The Bertz CT molecular complexity index is 490. The van der Waals surface area contributed by atoms with E-state index >= 15 is 0 Å². The van der Waals surface area contributed by atoms with Crippen molar-refractivity contribution in [2.75, 3.05) is 6.61 Å². The fourth-order valence-corrected chi connectivity index (χ4v) is 2.01. The Balaban J connectivity index is 3.47. The van der Waals surface area contributed by atoms with E-state index in [9.17, 15) is 26.7 Å². The van der Waals surface area contributed by atoms with Crippen molar-refractivity contribution in [3.05, 3.63) is 27.5 Å². The summed E-state index contributed by atoms with van der Waals surface area (Å²) in [5, 5.41) is 0. The molecule has 0 aromatic carbocycles. The third-order valence-corrected chi connectivity index (χ3v) is 2.81. The number of hydrogen-bond acceptors (Lipinski definition) is 3. The van der Waals surface area contributed by atoms with Crippen molar-refractivity contribution in [2.45, 2.75) is 19.5 Å². The van der Waals surface area contributed by atoms with E-state index in [-0.39, 0.29) is 6.61 Å². The molecule has 0 N–H and O–H groups in total. The molecule has 0 amide bonds. The molecular weight excluding hydrogens is 341 g/mol. The van der Waals surface area contributed by atoms with Crippen LogP contribution in [0.5, 0.6) is 0 Å². The molecular formula is C10H7BrF5NO2. The molecule has 9 heteroatoms. The van der Waals surface area contributed by atoms with Crippen molar-refractivity contribution >= 4 is 21.9 Å². The number of pyridine rings is 1. The first kappa shape index (κ1) is 15.8. The number of esters is 1. The SMILES string of the molecule is CCOC(=O)c1ncc(C(F)F)c(C(F)(F)F)c1Br. The van der Waals surface area contributed by atoms with Gasteiger partial charge in [0.2, 0.25) is 0 Å². The Morgan fingerprint density at radius 2 is 2.05 bits per heavy atom. The molecule has 0 saturated carbocycles. The summed E-state index contributed by atoms with van der Waals surface area (Å²) in [6.07, 6.45) is -8.09. The molecule has 1 heterocycles. The number of ether oxygens (including phenoxy) is 1. The van der Waals surface area contributed by atoms with Gasteiger partial charge < -0.3 is 4.74 Å². The number of halogens is 6. The van der Waals surface area contributed by atoms with Crippen molar-refractivity contribution in [1.82, 2.24) is 4.98 Å². The van der Waals surface area contributed by atoms with Gasteiger partial charge in [-0.2, -0.15) is 13.2 Å². The predicted octanol–water partition coefficient (Wildman–Crippen LogP) is 3.98. The van der Waals surface area contributed by atoms with Crippen molar-refractivity contribution < 1.29 is 31.5 Å². The van der Waals surface area contributed by atoms with Gasteiger partial charge in [0.05, 0.1) is 16.6 Å². The summed E-state index contributed by atoms with van der Waals surface area (Å²) >= 11 is 2.49. The second-order valence-corrected chi connectivity index (χ2v) is 4.06. The summed E-state index contributed by atoms with van der Waals surface area (Å²) in [4.78, 5) is 14.6. The molecule has 0 radical (unpaired) electrons. The Kier molecular flexibility index (Phi) is 4.83. The standard InChI is InChI=1S/C10H7BrF5NO2/c1-2-19-9(18)7-6(11)5(10(14,15)16)4(3-17-7)8(12)13/h3,8H,2H2,1H3. The molecule has 0 bridgehead atoms. The van der Waals surface area contributed by atoms with Crippen LogP contribution in [0.15, 0.2) is 10.7 Å². The van der Waals surface area contributed by atoms with Gasteiger partial charge in [0.15, 0.2) is 5.69 Å². The van der Waals surface area contributed by atoms with Crippen LogP contribution in [-0.2, 0) is 10.9 Å². The van der Waals surface area contributed by atoms with Crippen LogP contribution in [0.4, 0.5) is 22.0 Å². The molecule has 0 aliphatic heterocycles. The first-order valence-corrected chi connectivity index (χ1v) is 5.70. The fourth-order valence-electron chi connectivity index (χ4n) is 1.30. The van der Waals surface area contributed by atoms with E-state index in [4.69, 9.17) is 0 Å². The van der Waals surface area contributed by atoms with Crippen molar-refractivity contribution in [1.29, 1.82) is 0 Å². The maximum Gasteiger partial charge on any atom is 0.418 e. The zero-order valence-electron chi connectivity index (χ0n) is 9.39. The second-order valence-electron chi connectivity index (χ2n) is 3.27. The van der Waals surface area contributed by atoms with Gasteiger partial charge in [-0.15, -0.1) is 0 Å². The summed E-state index contributed by atoms with van der Waals surface area (Å²) in [7, 11) is 0. The maximum absolute atomic E-state index is 12.8. The van der Waals surface area contributed by atoms with Crippen molar-refractivity contribution in [2.24, 2.45) is 0 Å². The van der Waals surface area contributed by atoms with Gasteiger partial charge in [0.25, 0.3) is 6.43 Å². The quantitative estimate of drug-likeness (QED) is 0.613. The largest absolute Gasteiger partial charge is 0.461 e. The number of carbonyl (C=O) groups is 1. The van der Waals surface area contributed by atoms with E-state index < -0.39 is 39.9 Å². The first-order chi connectivity index (χ1) is 8.70. The van der Waals surface area contributed by atoms with Crippen LogP contribution in [0.2, 0.25) is 0 Å². The molecule has 1 aromatic heterocycles. The zero-order chi connectivity index (χ0) is 14.8. The van der Waals surface area contributed by atoms with E-state index in [0.29, 0.717) is 6.20 Å². The van der Waals surface area contributed by atoms with Crippen LogP contribution in [0, 0.1) is 0 Å². The monoisotopic (exact) mass is 347 g/mol. The molecule has 0 unspecified atom stereocenters. The molecule has 0 atom stereocenters. The predicted molar refractivity (Wildman–Crippen MR) is 57.9 cm³/mol. The summed E-state index contributed by atoms with van der Waals surface area (Å²) in [5.74, 6) is -1.12. The molecule has 0 fully saturated rings. The lowest BCUT2D eigenvalue weighted by Gasteiger charge is -2.15. The summed E-state index contributed by atoms with van der Waals surface area (Å²) < 4.78 is 67.0. The van der Waals surface area contributed by atoms with Crippen LogP contribution < -0.4 is 0 Å². The van der Waals surface area contributed by atoms with Crippen LogP contribution in [-0.4, -0.2) is 17.6 Å². The maximum atomic E-state index is 12.8. The van der Waals surface area contributed by atoms with Crippen molar-refractivity contribution in [3.63, 3.8) is 0 Å². The highest BCUT2D eigenvalue weighted by Gasteiger charge is 2.40. The summed E-state index contributed by atoms with van der Waals surface area (Å²) in [6.45, 7) is 1.37. The topological polar surface area (TPSA) is 39.2 Å². The molecule has 106 valence electrons. The average molecular weight is 348 g/mol. The second kappa shape index (κ2) is 5.81. The number of alkyl halides is 5. The Labute approximate surface area is 112 Å². The third kappa shape index (κ3) is 3.40. The normalized spacial score (nSPS) is 11.8. The van der Waals surface area contributed by atoms with Gasteiger partial charge in [-0.3, -0.25) is 0 Å². The third-order valence-electron chi connectivity index (χ3n) is 2.04. The lowest BCUT2D eigenvalue weighted by atomic mass is 10.1. The molecule has 0 aliphatic rings. The van der Waals surface area contributed by atoms with Crippen LogP contribution in [0.25, 0.3) is 0 Å². The van der Waals surface area contributed by atoms with Crippen molar-refractivity contribution in [3.8, 4) is 0 Å². The van der Waals surface area contributed by atoms with Gasteiger partial charge in [0.1, 0.15) is 0 Å². The number of nitrogens with zero attached hydrogens (tertiary/aromatic N) is 1. The Morgan fingerprint density at radius 3 is 2.47 bits per heavy atom. The average Bonchev–Trinajstić information content (AvgIpc) is 2.26. The van der Waals surface area contributed by atoms with E-state index in [2.05, 4.69) is 25.7 Å². The minimum atomic E-state index is -5.05. The Morgan fingerprint density at radius 1 is 1.47 bits per heavy atom. The molecule has 0 spiro atoms. The lowest BCUT2D eigenvalue weighted by molar-refractivity contribution is -0.140. The van der Waals surface area contributed by atoms with Crippen LogP contribution in [0.3, 0.4) is 0 Å². The highest BCUT2D eigenvalue weighted by molar-refractivity contribution is 9.10. The van der Waals surface area contributed by atoms with Gasteiger partial charge in [-0.1, -0.05) is 0 Å². The van der Waals surface area contributed by atoms with Gasteiger partial charge in [-0.25, -0.2) is 18.6 Å². The number of aromatic nitrogens is 1. The molecule has 1 aromatic rings. The fraction of sp³-hybridized carbons (Fsp3) is 0.400. The van der Waals surface area contributed by atoms with Gasteiger partial charge in [0, 0.05) is 11.8 Å². The molecule has 19 heavy (non-hydrogen) atoms. The smallest absolute Gasteiger partial charge is 0.418 e. The molecule has 3 nitrogen and oxygen atoms in total. The number of rotatable bonds is 3. The highest BCUT2D eigenvalue weighted by atomic mass is 79.9. The highest BCUT2D eigenvalue weighted by Crippen LogP contribution is 2.41. The Hall–Kier alpha value is -1.25. The lowest BCUT2D eigenvalue weighted by Crippen LogP contribution is -2.16. The van der Waals surface area contributed by atoms with E-state index in [0.717, 1.165) is 0 Å². The summed E-state index contributed by atoms with van der Waals surface area (Å²) in [6, 6.07) is 0. The minimum absolute atomic E-state index is 0.0785. The number of hydrogen-bond donors (Lipinski definition) is 0. The molecule has 0 aliphatic carbocycles. The summed E-state index contributed by atoms with van der Waals surface area (Å²) in [5.41, 5.74) is -3.62. The van der Waals surface area contributed by atoms with Crippen LogP contribution >= 0.6 is 15.9 Å². The van der Waals surface area contributed by atoms with Gasteiger partial charge in [-0.05, 0) is 22.9 Å². The van der Waals surface area contributed by atoms with E-state index in [1.54, 1.807) is 0 Å². The first-order valence-electron chi connectivity index (χ1n) is 4.91. The molecule has 1 rings (SSSR count).